The van der Waals surface area contributed by atoms with E-state index >= 15 is 0 Å². The molecule has 2 aromatic heterocycles. The molecule has 3 aromatic rings. The van der Waals surface area contributed by atoms with Gasteiger partial charge in [0.1, 0.15) is 4.88 Å². The molecule has 9 nitrogen and oxygen atoms in total. The third-order valence-corrected chi connectivity index (χ3v) is 5.24. The van der Waals surface area contributed by atoms with E-state index in [1.54, 1.807) is 13.0 Å². The predicted molar refractivity (Wildman–Crippen MR) is 91.9 cm³/mol. The first-order valence-corrected chi connectivity index (χ1v) is 9.21. The molecule has 11 heteroatoms. The minimum atomic E-state index is -3.81. The molecule has 25 heavy (non-hydrogen) atoms. The van der Waals surface area contributed by atoms with Gasteiger partial charge in [0.2, 0.25) is 5.95 Å². The molecule has 1 aromatic carbocycles. The Morgan fingerprint density at radius 2 is 1.80 bits per heavy atom. The standard InChI is InChI=1S/C14H12N6O3S2/c1-9-12(24-20-18-9)13(21)17-10-3-5-11(6-4-10)25(22,23)19-14-15-7-2-8-16-14/h2-8H,1H3,(H,17,21)(H,15,16,19). The largest absolute Gasteiger partial charge is 0.321 e. The lowest BCUT2D eigenvalue weighted by Crippen LogP contribution is -2.15. The van der Waals surface area contributed by atoms with Crippen molar-refractivity contribution in [3.05, 3.63) is 53.3 Å². The number of nitrogens with zero attached hydrogens (tertiary/aromatic N) is 4. The number of benzene rings is 1. The molecule has 3 rings (SSSR count). The van der Waals surface area contributed by atoms with Crippen LogP contribution in [-0.4, -0.2) is 33.9 Å². The number of rotatable bonds is 5. The van der Waals surface area contributed by atoms with Gasteiger partial charge < -0.3 is 5.32 Å². The summed E-state index contributed by atoms with van der Waals surface area (Å²) < 4.78 is 30.5. The van der Waals surface area contributed by atoms with Gasteiger partial charge in [0.15, 0.2) is 0 Å². The number of nitrogens with one attached hydrogen (secondary N) is 2. The van der Waals surface area contributed by atoms with Gasteiger partial charge in [-0.1, -0.05) is 4.49 Å². The van der Waals surface area contributed by atoms with Crippen molar-refractivity contribution in [3.63, 3.8) is 0 Å². The highest BCUT2D eigenvalue weighted by molar-refractivity contribution is 7.92. The fourth-order valence-corrected chi connectivity index (χ4v) is 3.39. The summed E-state index contributed by atoms with van der Waals surface area (Å²) in [6, 6.07) is 7.30. The first-order valence-electron chi connectivity index (χ1n) is 6.96. The van der Waals surface area contributed by atoms with E-state index in [1.807, 2.05) is 0 Å². The molecule has 0 aliphatic heterocycles. The van der Waals surface area contributed by atoms with E-state index in [-0.39, 0.29) is 16.8 Å². The van der Waals surface area contributed by atoms with E-state index in [9.17, 15) is 13.2 Å². The van der Waals surface area contributed by atoms with Crippen LogP contribution in [0.4, 0.5) is 11.6 Å². The van der Waals surface area contributed by atoms with E-state index in [0.29, 0.717) is 16.3 Å². The molecule has 0 spiro atoms. The quantitative estimate of drug-likeness (QED) is 0.693. The first kappa shape index (κ1) is 16.9. The van der Waals surface area contributed by atoms with Crippen LogP contribution in [0.5, 0.6) is 0 Å². The lowest BCUT2D eigenvalue weighted by atomic mass is 10.3. The predicted octanol–water partition coefficient (Wildman–Crippen LogP) is 1.69. The van der Waals surface area contributed by atoms with Gasteiger partial charge in [-0.25, -0.2) is 23.1 Å². The average Bonchev–Trinajstić information content (AvgIpc) is 3.02. The Balaban J connectivity index is 1.73. The molecule has 128 valence electrons. The van der Waals surface area contributed by atoms with E-state index in [1.165, 1.54) is 36.7 Å². The molecular weight excluding hydrogens is 364 g/mol. The van der Waals surface area contributed by atoms with Gasteiger partial charge in [-0.2, -0.15) is 0 Å². The number of carbonyl (C=O) groups is 1. The van der Waals surface area contributed by atoms with E-state index in [2.05, 4.69) is 29.6 Å². The fraction of sp³-hybridized carbons (Fsp3) is 0.0714. The summed E-state index contributed by atoms with van der Waals surface area (Å²) in [5, 5.41) is 6.44. The number of aromatic nitrogens is 4. The van der Waals surface area contributed by atoms with Crippen molar-refractivity contribution in [3.8, 4) is 0 Å². The summed E-state index contributed by atoms with van der Waals surface area (Å²) in [5.41, 5.74) is 0.987. The highest BCUT2D eigenvalue weighted by Crippen LogP contribution is 2.18. The topological polar surface area (TPSA) is 127 Å². The fourth-order valence-electron chi connectivity index (χ4n) is 1.88. The van der Waals surface area contributed by atoms with Crippen LogP contribution in [0.25, 0.3) is 0 Å². The second-order valence-corrected chi connectivity index (χ2v) is 7.28. The second-order valence-electron chi connectivity index (χ2n) is 4.84. The van der Waals surface area contributed by atoms with Gasteiger partial charge in [0.05, 0.1) is 10.6 Å². The van der Waals surface area contributed by atoms with Crippen LogP contribution in [0, 0.1) is 6.92 Å². The van der Waals surface area contributed by atoms with Crippen molar-refractivity contribution in [2.45, 2.75) is 11.8 Å². The highest BCUT2D eigenvalue weighted by Gasteiger charge is 2.17. The molecule has 0 unspecified atom stereocenters. The minimum absolute atomic E-state index is 0.0203. The smallest absolute Gasteiger partial charge is 0.269 e. The van der Waals surface area contributed by atoms with Crippen LogP contribution in [0.2, 0.25) is 0 Å². The van der Waals surface area contributed by atoms with Crippen molar-refractivity contribution in [2.24, 2.45) is 0 Å². The molecule has 0 radical (unpaired) electrons. The van der Waals surface area contributed by atoms with E-state index < -0.39 is 10.0 Å². The van der Waals surface area contributed by atoms with Crippen LogP contribution in [0.1, 0.15) is 15.4 Å². The number of carbonyl (C=O) groups excluding carboxylic acids is 1. The maximum absolute atomic E-state index is 12.3. The molecule has 2 N–H and O–H groups in total. The maximum atomic E-state index is 12.3. The molecule has 2 heterocycles. The van der Waals surface area contributed by atoms with Crippen LogP contribution in [-0.2, 0) is 10.0 Å². The molecule has 0 saturated heterocycles. The lowest BCUT2D eigenvalue weighted by Gasteiger charge is -2.08. The van der Waals surface area contributed by atoms with Crippen LogP contribution >= 0.6 is 11.5 Å². The Kier molecular flexibility index (Phi) is 4.67. The Bertz CT molecular complexity index is 987. The zero-order chi connectivity index (χ0) is 17.9. The van der Waals surface area contributed by atoms with Gasteiger partial charge in [0, 0.05) is 18.1 Å². The Labute approximate surface area is 147 Å². The molecule has 0 atom stereocenters. The van der Waals surface area contributed by atoms with Crippen molar-refractivity contribution >= 4 is 39.1 Å². The third-order valence-electron chi connectivity index (χ3n) is 3.07. The molecule has 0 aliphatic carbocycles. The van der Waals surface area contributed by atoms with Crippen LogP contribution in [0.15, 0.2) is 47.6 Å². The number of aryl methyl sites for hydroxylation is 1. The number of sulfonamides is 1. The second kappa shape index (κ2) is 6.91. The highest BCUT2D eigenvalue weighted by atomic mass is 32.2. The number of hydrogen-bond acceptors (Lipinski definition) is 8. The SMILES string of the molecule is Cc1nnsc1C(=O)Nc1ccc(S(=O)(=O)Nc2ncccn2)cc1. The van der Waals surface area contributed by atoms with Crippen LogP contribution < -0.4 is 10.0 Å². The summed E-state index contributed by atoms with van der Waals surface area (Å²) in [5.74, 6) is -0.369. The molecule has 0 saturated carbocycles. The lowest BCUT2D eigenvalue weighted by molar-refractivity contribution is 0.103. The molecular formula is C14H12N6O3S2. The zero-order valence-electron chi connectivity index (χ0n) is 12.9. The van der Waals surface area contributed by atoms with Crippen molar-refractivity contribution < 1.29 is 13.2 Å². The number of anilines is 2. The van der Waals surface area contributed by atoms with Gasteiger partial charge in [-0.05, 0) is 48.8 Å². The summed E-state index contributed by atoms with van der Waals surface area (Å²) in [6.07, 6.45) is 2.86. The number of amides is 1. The summed E-state index contributed by atoms with van der Waals surface area (Å²) in [7, 11) is -3.81. The van der Waals surface area contributed by atoms with Gasteiger partial charge >= 0.3 is 0 Å². The van der Waals surface area contributed by atoms with Gasteiger partial charge in [-0.3, -0.25) is 4.79 Å². The molecule has 1 amide bonds. The van der Waals surface area contributed by atoms with Crippen molar-refractivity contribution in [1.82, 2.24) is 19.6 Å². The molecule has 0 bridgehead atoms. The normalized spacial score (nSPS) is 11.1. The van der Waals surface area contributed by atoms with Crippen LogP contribution in [0.3, 0.4) is 0 Å². The monoisotopic (exact) mass is 376 g/mol. The van der Waals surface area contributed by atoms with Crippen molar-refractivity contribution in [1.29, 1.82) is 0 Å². The Morgan fingerprint density at radius 3 is 2.40 bits per heavy atom. The maximum Gasteiger partial charge on any atom is 0.269 e. The third kappa shape index (κ3) is 3.95. The van der Waals surface area contributed by atoms with E-state index in [0.717, 1.165) is 11.5 Å². The van der Waals surface area contributed by atoms with Gasteiger partial charge in [0.25, 0.3) is 15.9 Å². The zero-order valence-corrected chi connectivity index (χ0v) is 14.5. The number of hydrogen-bond donors (Lipinski definition) is 2. The first-order chi connectivity index (χ1) is 12.0. The van der Waals surface area contributed by atoms with Gasteiger partial charge in [-0.15, -0.1) is 5.10 Å². The molecule has 0 aliphatic rings. The minimum Gasteiger partial charge on any atom is -0.321 e. The van der Waals surface area contributed by atoms with E-state index in [4.69, 9.17) is 0 Å². The Morgan fingerprint density at radius 1 is 1.12 bits per heavy atom. The average molecular weight is 376 g/mol. The van der Waals surface area contributed by atoms with Crippen molar-refractivity contribution in [2.75, 3.05) is 10.0 Å². The summed E-state index contributed by atoms with van der Waals surface area (Å²) in [4.78, 5) is 20.1. The molecule has 0 fully saturated rings. The summed E-state index contributed by atoms with van der Waals surface area (Å²) in [6.45, 7) is 1.69. The Hall–Kier alpha value is -2.92. The summed E-state index contributed by atoms with van der Waals surface area (Å²) >= 11 is 0.993.